The third-order valence-corrected chi connectivity index (χ3v) is 2.12. The molecule has 4 nitrogen and oxygen atoms in total. The Balaban J connectivity index is 3.55. The van der Waals surface area contributed by atoms with Gasteiger partial charge in [0.05, 0.1) is 6.61 Å². The minimum atomic E-state index is -0.976. The van der Waals surface area contributed by atoms with Crippen LogP contribution in [0.15, 0.2) is 24.3 Å². The van der Waals surface area contributed by atoms with Crippen molar-refractivity contribution in [3.8, 4) is 0 Å². The Kier molecular flexibility index (Phi) is 6.92. The number of rotatable bonds is 8. The lowest BCUT2D eigenvalue weighted by molar-refractivity contribution is -0.139. The van der Waals surface area contributed by atoms with Crippen molar-refractivity contribution in [3.05, 3.63) is 24.3 Å². The number of hydrogen-bond acceptors (Lipinski definition) is 3. The van der Waals surface area contributed by atoms with E-state index in [-0.39, 0.29) is 11.5 Å². The van der Waals surface area contributed by atoms with Gasteiger partial charge in [0.15, 0.2) is 0 Å². The first-order chi connectivity index (χ1) is 7.49. The van der Waals surface area contributed by atoms with E-state index < -0.39 is 5.97 Å². The molecule has 0 saturated heterocycles. The van der Waals surface area contributed by atoms with E-state index in [0.717, 1.165) is 0 Å². The summed E-state index contributed by atoms with van der Waals surface area (Å²) >= 11 is 0. The SMILES string of the molecule is C=C(CCCCOC(=O)C(=C)CC)C(=O)O. The summed E-state index contributed by atoms with van der Waals surface area (Å²) in [7, 11) is 0. The molecule has 0 aliphatic heterocycles. The lowest BCUT2D eigenvalue weighted by Crippen LogP contribution is -2.08. The number of ether oxygens (including phenoxy) is 1. The Labute approximate surface area is 95.6 Å². The van der Waals surface area contributed by atoms with Gasteiger partial charge in [-0.05, 0) is 25.7 Å². The molecule has 16 heavy (non-hydrogen) atoms. The third-order valence-electron chi connectivity index (χ3n) is 2.12. The van der Waals surface area contributed by atoms with Crippen molar-refractivity contribution in [3.63, 3.8) is 0 Å². The van der Waals surface area contributed by atoms with E-state index in [1.54, 1.807) is 0 Å². The Morgan fingerprint density at radius 3 is 2.31 bits per heavy atom. The number of aliphatic carboxylic acids is 1. The minimum Gasteiger partial charge on any atom is -0.478 e. The lowest BCUT2D eigenvalue weighted by Gasteiger charge is -2.05. The zero-order chi connectivity index (χ0) is 12.6. The molecule has 1 N–H and O–H groups in total. The van der Waals surface area contributed by atoms with Crippen molar-refractivity contribution in [2.24, 2.45) is 0 Å². The fourth-order valence-corrected chi connectivity index (χ4v) is 0.959. The van der Waals surface area contributed by atoms with Crippen LogP contribution in [-0.2, 0) is 14.3 Å². The zero-order valence-corrected chi connectivity index (χ0v) is 9.62. The van der Waals surface area contributed by atoms with Crippen molar-refractivity contribution in [1.29, 1.82) is 0 Å². The van der Waals surface area contributed by atoms with Gasteiger partial charge in [0.1, 0.15) is 0 Å². The molecule has 4 heteroatoms. The van der Waals surface area contributed by atoms with E-state index in [1.165, 1.54) is 0 Å². The summed E-state index contributed by atoms with van der Waals surface area (Å²) in [5.74, 6) is -1.35. The molecule has 0 rings (SSSR count). The Morgan fingerprint density at radius 1 is 1.19 bits per heavy atom. The number of carbonyl (C=O) groups excluding carboxylic acids is 1. The van der Waals surface area contributed by atoms with Gasteiger partial charge in [-0.2, -0.15) is 0 Å². The van der Waals surface area contributed by atoms with Gasteiger partial charge >= 0.3 is 11.9 Å². The maximum absolute atomic E-state index is 11.1. The number of esters is 1. The van der Waals surface area contributed by atoms with E-state index >= 15 is 0 Å². The predicted octanol–water partition coefficient (Wildman–Crippen LogP) is 2.31. The summed E-state index contributed by atoms with van der Waals surface area (Å²) in [6, 6.07) is 0. The molecule has 0 unspecified atom stereocenters. The quantitative estimate of drug-likeness (QED) is 0.392. The van der Waals surface area contributed by atoms with Gasteiger partial charge in [0.2, 0.25) is 0 Å². The second kappa shape index (κ2) is 7.68. The average Bonchev–Trinajstić information content (AvgIpc) is 2.26. The summed E-state index contributed by atoms with van der Waals surface area (Å²) in [6.45, 7) is 9.09. The minimum absolute atomic E-state index is 0.185. The first kappa shape index (κ1) is 14.4. The molecule has 0 aliphatic carbocycles. The van der Waals surface area contributed by atoms with Gasteiger partial charge < -0.3 is 9.84 Å². The van der Waals surface area contributed by atoms with Crippen LogP contribution in [0, 0.1) is 0 Å². The molecule has 0 fully saturated rings. The first-order valence-corrected chi connectivity index (χ1v) is 5.25. The van der Waals surface area contributed by atoms with Crippen molar-refractivity contribution >= 4 is 11.9 Å². The molecular formula is C12H18O4. The number of carboxylic acids is 1. The highest BCUT2D eigenvalue weighted by Crippen LogP contribution is 2.06. The summed E-state index contributed by atoms with van der Waals surface area (Å²) in [4.78, 5) is 21.5. The molecule has 0 heterocycles. The average molecular weight is 226 g/mol. The Morgan fingerprint density at radius 2 is 1.81 bits per heavy atom. The van der Waals surface area contributed by atoms with Crippen LogP contribution in [0.2, 0.25) is 0 Å². The number of hydrogen-bond donors (Lipinski definition) is 1. The molecule has 0 aliphatic rings. The van der Waals surface area contributed by atoms with Crippen LogP contribution < -0.4 is 0 Å². The van der Waals surface area contributed by atoms with E-state index in [0.29, 0.717) is 37.9 Å². The molecule has 0 spiro atoms. The molecular weight excluding hydrogens is 208 g/mol. The number of unbranched alkanes of at least 4 members (excludes halogenated alkanes) is 1. The van der Waals surface area contributed by atoms with E-state index in [4.69, 9.17) is 9.84 Å². The maximum atomic E-state index is 11.1. The summed E-state index contributed by atoms with van der Waals surface area (Å²) in [5.41, 5.74) is 0.638. The number of carboxylic acid groups (broad SMARTS) is 1. The molecule has 0 bridgehead atoms. The van der Waals surface area contributed by atoms with Gasteiger partial charge in [-0.3, -0.25) is 0 Å². The van der Waals surface area contributed by atoms with E-state index in [9.17, 15) is 9.59 Å². The van der Waals surface area contributed by atoms with E-state index in [1.807, 2.05) is 6.92 Å². The van der Waals surface area contributed by atoms with Crippen LogP contribution in [0.3, 0.4) is 0 Å². The molecule has 0 aromatic heterocycles. The van der Waals surface area contributed by atoms with Gasteiger partial charge in [-0.1, -0.05) is 20.1 Å². The second-order valence-corrected chi connectivity index (χ2v) is 3.46. The van der Waals surface area contributed by atoms with Gasteiger partial charge in [-0.15, -0.1) is 0 Å². The highest BCUT2D eigenvalue weighted by molar-refractivity contribution is 5.87. The maximum Gasteiger partial charge on any atom is 0.333 e. The summed E-state index contributed by atoms with van der Waals surface area (Å²) in [6.07, 6.45) is 2.28. The van der Waals surface area contributed by atoms with Gasteiger partial charge in [0.25, 0.3) is 0 Å². The first-order valence-electron chi connectivity index (χ1n) is 5.25. The highest BCUT2D eigenvalue weighted by atomic mass is 16.5. The lowest BCUT2D eigenvalue weighted by atomic mass is 10.1. The Bertz CT molecular complexity index is 291. The van der Waals surface area contributed by atoms with Crippen LogP contribution in [0.25, 0.3) is 0 Å². The van der Waals surface area contributed by atoms with Crippen molar-refractivity contribution in [2.45, 2.75) is 32.6 Å². The molecule has 0 atom stereocenters. The molecule has 0 amide bonds. The zero-order valence-electron chi connectivity index (χ0n) is 9.62. The van der Waals surface area contributed by atoms with Gasteiger partial charge in [0, 0.05) is 11.1 Å². The molecule has 0 aromatic carbocycles. The molecule has 0 saturated carbocycles. The van der Waals surface area contributed by atoms with Crippen LogP contribution in [0.1, 0.15) is 32.6 Å². The summed E-state index contributed by atoms with van der Waals surface area (Å²) < 4.78 is 4.92. The molecule has 0 radical (unpaired) electrons. The van der Waals surface area contributed by atoms with Crippen molar-refractivity contribution in [1.82, 2.24) is 0 Å². The third kappa shape index (κ3) is 6.01. The van der Waals surface area contributed by atoms with Crippen molar-refractivity contribution in [2.75, 3.05) is 6.61 Å². The van der Waals surface area contributed by atoms with Crippen molar-refractivity contribution < 1.29 is 19.4 Å². The normalized spacial score (nSPS) is 9.56. The fourth-order valence-electron chi connectivity index (χ4n) is 0.959. The van der Waals surface area contributed by atoms with Crippen LogP contribution in [0.4, 0.5) is 0 Å². The standard InChI is InChI=1S/C12H18O4/c1-4-9(2)12(15)16-8-6-5-7-10(3)11(13)14/h2-8H2,1H3,(H,13,14). The molecule has 90 valence electrons. The van der Waals surface area contributed by atoms with Gasteiger partial charge in [-0.25, -0.2) is 9.59 Å². The Hall–Kier alpha value is -1.58. The van der Waals surface area contributed by atoms with Crippen LogP contribution >= 0.6 is 0 Å². The van der Waals surface area contributed by atoms with Crippen LogP contribution in [0.5, 0.6) is 0 Å². The monoisotopic (exact) mass is 226 g/mol. The van der Waals surface area contributed by atoms with Crippen LogP contribution in [-0.4, -0.2) is 23.7 Å². The fraction of sp³-hybridized carbons (Fsp3) is 0.500. The topological polar surface area (TPSA) is 63.6 Å². The smallest absolute Gasteiger partial charge is 0.333 e. The summed E-state index contributed by atoms with van der Waals surface area (Å²) in [5, 5.41) is 8.53. The predicted molar refractivity (Wildman–Crippen MR) is 61.0 cm³/mol. The highest BCUT2D eigenvalue weighted by Gasteiger charge is 2.06. The molecule has 0 aromatic rings. The second-order valence-electron chi connectivity index (χ2n) is 3.46. The number of carbonyl (C=O) groups is 2. The largest absolute Gasteiger partial charge is 0.478 e. The van der Waals surface area contributed by atoms with E-state index in [2.05, 4.69) is 13.2 Å².